The summed E-state index contributed by atoms with van der Waals surface area (Å²) in [6.07, 6.45) is 2.79. The van der Waals surface area contributed by atoms with Crippen LogP contribution in [0.5, 0.6) is 17.2 Å². The van der Waals surface area contributed by atoms with Gasteiger partial charge in [-0.05, 0) is 30.3 Å². The standard InChI is InChI=1S/C19H17N3O4/c1-24-15-9-4-6-12-17(15)26-19(21-18(12)23)13-7-3-8-14(16(13)25-2)22-11-5-10-20-22/h3-11,19H,1-2H3,(H,21,23). The van der Waals surface area contributed by atoms with Crippen molar-refractivity contribution in [3.63, 3.8) is 0 Å². The largest absolute Gasteiger partial charge is 0.494 e. The highest BCUT2D eigenvalue weighted by Gasteiger charge is 2.31. The Kier molecular flexibility index (Phi) is 3.96. The molecule has 1 N–H and O–H groups in total. The van der Waals surface area contributed by atoms with E-state index in [4.69, 9.17) is 14.2 Å². The highest BCUT2D eigenvalue weighted by molar-refractivity contribution is 5.99. The molecule has 1 atom stereocenters. The maximum Gasteiger partial charge on any atom is 0.258 e. The van der Waals surface area contributed by atoms with Gasteiger partial charge in [-0.15, -0.1) is 0 Å². The summed E-state index contributed by atoms with van der Waals surface area (Å²) in [5, 5.41) is 7.11. The summed E-state index contributed by atoms with van der Waals surface area (Å²) >= 11 is 0. The first-order valence-corrected chi connectivity index (χ1v) is 8.04. The van der Waals surface area contributed by atoms with Crippen LogP contribution < -0.4 is 19.5 Å². The van der Waals surface area contributed by atoms with Gasteiger partial charge in [-0.25, -0.2) is 4.68 Å². The number of para-hydroxylation sites is 2. The fraction of sp³-hybridized carbons (Fsp3) is 0.158. The van der Waals surface area contributed by atoms with Gasteiger partial charge in [-0.2, -0.15) is 5.10 Å². The van der Waals surface area contributed by atoms with E-state index >= 15 is 0 Å². The van der Waals surface area contributed by atoms with Crippen LogP contribution in [0.15, 0.2) is 54.9 Å². The van der Waals surface area contributed by atoms with E-state index in [1.165, 1.54) is 0 Å². The first kappa shape index (κ1) is 16.0. The van der Waals surface area contributed by atoms with Crippen molar-refractivity contribution >= 4 is 5.91 Å². The molecule has 0 radical (unpaired) electrons. The van der Waals surface area contributed by atoms with Gasteiger partial charge in [0.05, 0.1) is 25.3 Å². The van der Waals surface area contributed by atoms with Gasteiger partial charge in [0.25, 0.3) is 5.91 Å². The van der Waals surface area contributed by atoms with Crippen molar-refractivity contribution < 1.29 is 19.0 Å². The normalized spacial score (nSPS) is 15.6. The summed E-state index contributed by atoms with van der Waals surface area (Å²) in [4.78, 5) is 12.5. The molecule has 2 aromatic carbocycles. The summed E-state index contributed by atoms with van der Waals surface area (Å²) in [7, 11) is 3.12. The van der Waals surface area contributed by atoms with Gasteiger partial charge in [0, 0.05) is 12.4 Å². The summed E-state index contributed by atoms with van der Waals surface area (Å²) in [5.74, 6) is 1.25. The van der Waals surface area contributed by atoms with E-state index in [1.54, 1.807) is 43.3 Å². The zero-order chi connectivity index (χ0) is 18.1. The molecule has 1 aliphatic heterocycles. The van der Waals surface area contributed by atoms with Crippen molar-refractivity contribution in [1.82, 2.24) is 15.1 Å². The molecular formula is C19H17N3O4. The molecule has 0 saturated carbocycles. The third-order valence-electron chi connectivity index (χ3n) is 4.20. The molecule has 26 heavy (non-hydrogen) atoms. The summed E-state index contributed by atoms with van der Waals surface area (Å²) in [6, 6.07) is 12.6. The number of fused-ring (bicyclic) bond motifs is 1. The van der Waals surface area contributed by atoms with Crippen LogP contribution in [-0.2, 0) is 0 Å². The molecule has 0 saturated heterocycles. The molecule has 2 heterocycles. The lowest BCUT2D eigenvalue weighted by molar-refractivity contribution is 0.0741. The van der Waals surface area contributed by atoms with Crippen LogP contribution >= 0.6 is 0 Å². The number of benzene rings is 2. The Bertz CT molecular complexity index is 953. The summed E-state index contributed by atoms with van der Waals surface area (Å²) in [6.45, 7) is 0. The van der Waals surface area contributed by atoms with Crippen LogP contribution in [0, 0.1) is 0 Å². The molecule has 1 aliphatic rings. The zero-order valence-electron chi connectivity index (χ0n) is 14.3. The molecular weight excluding hydrogens is 334 g/mol. The molecule has 4 rings (SSSR count). The van der Waals surface area contributed by atoms with E-state index in [9.17, 15) is 4.79 Å². The number of amides is 1. The van der Waals surface area contributed by atoms with Gasteiger partial charge < -0.3 is 19.5 Å². The molecule has 0 spiro atoms. The highest BCUT2D eigenvalue weighted by atomic mass is 16.5. The lowest BCUT2D eigenvalue weighted by Gasteiger charge is -2.29. The number of nitrogens with zero attached hydrogens (tertiary/aromatic N) is 2. The Hall–Kier alpha value is -3.48. The van der Waals surface area contributed by atoms with Crippen LogP contribution in [0.25, 0.3) is 5.69 Å². The number of methoxy groups -OCH3 is 2. The molecule has 7 heteroatoms. The molecule has 1 amide bonds. The Morgan fingerprint density at radius 2 is 1.96 bits per heavy atom. The van der Waals surface area contributed by atoms with Crippen molar-refractivity contribution in [3.05, 3.63) is 66.0 Å². The predicted molar refractivity (Wildman–Crippen MR) is 93.9 cm³/mol. The van der Waals surface area contributed by atoms with Crippen LogP contribution in [0.1, 0.15) is 22.1 Å². The van der Waals surface area contributed by atoms with Crippen LogP contribution in [0.4, 0.5) is 0 Å². The quantitative estimate of drug-likeness (QED) is 0.782. The predicted octanol–water partition coefficient (Wildman–Crippen LogP) is 2.71. The van der Waals surface area contributed by atoms with Crippen molar-refractivity contribution in [3.8, 4) is 22.9 Å². The molecule has 0 aliphatic carbocycles. The second-order valence-corrected chi connectivity index (χ2v) is 5.66. The molecule has 1 aromatic heterocycles. The van der Waals surface area contributed by atoms with Crippen molar-refractivity contribution in [1.29, 1.82) is 0 Å². The average Bonchev–Trinajstić information content (AvgIpc) is 3.21. The van der Waals surface area contributed by atoms with Crippen molar-refractivity contribution in [2.24, 2.45) is 0 Å². The third-order valence-corrected chi connectivity index (χ3v) is 4.20. The van der Waals surface area contributed by atoms with Gasteiger partial charge in [0.15, 0.2) is 17.2 Å². The van der Waals surface area contributed by atoms with E-state index in [2.05, 4.69) is 10.4 Å². The third kappa shape index (κ3) is 2.54. The van der Waals surface area contributed by atoms with E-state index in [-0.39, 0.29) is 5.91 Å². The monoisotopic (exact) mass is 351 g/mol. The number of carbonyl (C=O) groups is 1. The highest BCUT2D eigenvalue weighted by Crippen LogP contribution is 2.40. The van der Waals surface area contributed by atoms with E-state index in [0.29, 0.717) is 28.4 Å². The minimum atomic E-state index is -0.711. The Balaban J connectivity index is 1.79. The summed E-state index contributed by atoms with van der Waals surface area (Å²) in [5.41, 5.74) is 1.87. The molecule has 132 valence electrons. The second kappa shape index (κ2) is 6.44. The lowest BCUT2D eigenvalue weighted by atomic mass is 10.1. The smallest absolute Gasteiger partial charge is 0.258 e. The number of rotatable bonds is 4. The Morgan fingerprint density at radius 1 is 1.12 bits per heavy atom. The number of hydrogen-bond donors (Lipinski definition) is 1. The Morgan fingerprint density at radius 3 is 2.69 bits per heavy atom. The number of ether oxygens (including phenoxy) is 3. The average molecular weight is 351 g/mol. The lowest BCUT2D eigenvalue weighted by Crippen LogP contribution is -2.37. The van der Waals surface area contributed by atoms with Gasteiger partial charge in [-0.3, -0.25) is 4.79 Å². The number of aromatic nitrogens is 2. The van der Waals surface area contributed by atoms with E-state index in [1.807, 2.05) is 30.5 Å². The van der Waals surface area contributed by atoms with Crippen molar-refractivity contribution in [2.45, 2.75) is 6.23 Å². The Labute approximate surface area is 150 Å². The molecule has 7 nitrogen and oxygen atoms in total. The molecule has 3 aromatic rings. The molecule has 0 fully saturated rings. The van der Waals surface area contributed by atoms with Gasteiger partial charge in [-0.1, -0.05) is 12.1 Å². The first-order chi connectivity index (χ1) is 12.7. The summed E-state index contributed by atoms with van der Waals surface area (Å²) < 4.78 is 18.7. The van der Waals surface area contributed by atoms with Crippen LogP contribution in [0.2, 0.25) is 0 Å². The van der Waals surface area contributed by atoms with E-state index < -0.39 is 6.23 Å². The topological polar surface area (TPSA) is 74.6 Å². The fourth-order valence-corrected chi connectivity index (χ4v) is 3.03. The van der Waals surface area contributed by atoms with Gasteiger partial charge >= 0.3 is 0 Å². The zero-order valence-corrected chi connectivity index (χ0v) is 14.3. The molecule has 0 bridgehead atoms. The minimum Gasteiger partial charge on any atom is -0.494 e. The SMILES string of the molecule is COc1cccc2c1OC(c1cccc(-n3cccn3)c1OC)NC2=O. The number of hydrogen-bond acceptors (Lipinski definition) is 5. The maximum absolute atomic E-state index is 12.5. The van der Waals surface area contributed by atoms with Crippen LogP contribution in [0.3, 0.4) is 0 Å². The fourth-order valence-electron chi connectivity index (χ4n) is 3.03. The van der Waals surface area contributed by atoms with E-state index in [0.717, 1.165) is 5.69 Å². The number of nitrogens with one attached hydrogen (secondary N) is 1. The minimum absolute atomic E-state index is 0.235. The number of carbonyl (C=O) groups excluding carboxylic acids is 1. The van der Waals surface area contributed by atoms with Crippen molar-refractivity contribution in [2.75, 3.05) is 14.2 Å². The maximum atomic E-state index is 12.5. The second-order valence-electron chi connectivity index (χ2n) is 5.66. The molecule has 1 unspecified atom stereocenters. The van der Waals surface area contributed by atoms with Crippen LogP contribution in [-0.4, -0.2) is 29.9 Å². The van der Waals surface area contributed by atoms with Gasteiger partial charge in [0.1, 0.15) is 5.69 Å². The first-order valence-electron chi connectivity index (χ1n) is 8.04. The van der Waals surface area contributed by atoms with Gasteiger partial charge in [0.2, 0.25) is 6.23 Å².